The number of nitrogens with one attached hydrogen (secondary N) is 1. The van der Waals surface area contributed by atoms with Crippen LogP contribution in [-0.4, -0.2) is 24.5 Å². The summed E-state index contributed by atoms with van der Waals surface area (Å²) >= 11 is 0. The van der Waals surface area contributed by atoms with E-state index in [9.17, 15) is 0 Å². The van der Waals surface area contributed by atoms with Crippen molar-refractivity contribution in [3.05, 3.63) is 70.8 Å². The molecule has 0 bridgehead atoms. The molecule has 1 aliphatic heterocycles. The van der Waals surface area contributed by atoms with Crippen LogP contribution < -0.4 is 5.32 Å². The zero-order valence-corrected chi connectivity index (χ0v) is 16.2. The fourth-order valence-electron chi connectivity index (χ4n) is 3.52. The second-order valence-electron chi connectivity index (χ2n) is 7.00. The van der Waals surface area contributed by atoms with Crippen molar-refractivity contribution >= 4 is 12.4 Å². The summed E-state index contributed by atoms with van der Waals surface area (Å²) in [6.07, 6.45) is 2.51. The molecule has 0 amide bonds. The summed E-state index contributed by atoms with van der Waals surface area (Å²) in [7, 11) is 0. The van der Waals surface area contributed by atoms with Crippen LogP contribution in [0.3, 0.4) is 0 Å². The van der Waals surface area contributed by atoms with E-state index in [1.165, 1.54) is 24.0 Å². The van der Waals surface area contributed by atoms with E-state index in [4.69, 9.17) is 10.5 Å². The molecule has 1 aliphatic rings. The van der Waals surface area contributed by atoms with Gasteiger partial charge in [0.1, 0.15) is 0 Å². The topological polar surface area (TPSA) is 62.9 Å². The molecule has 1 heterocycles. The fraction of sp³-hybridized carbons (Fsp3) is 0.364. The zero-order valence-electron chi connectivity index (χ0n) is 15.4. The number of benzene rings is 2. The van der Waals surface area contributed by atoms with E-state index in [0.29, 0.717) is 17.0 Å². The maximum atomic E-state index is 8.97. The van der Waals surface area contributed by atoms with E-state index in [-0.39, 0.29) is 12.4 Å². The number of piperidine rings is 1. The van der Waals surface area contributed by atoms with Gasteiger partial charge >= 0.3 is 0 Å². The van der Waals surface area contributed by atoms with Crippen molar-refractivity contribution in [2.75, 3.05) is 19.6 Å². The molecule has 140 valence electrons. The number of hydrogen-bond acceptors (Lipinski definition) is 4. The highest BCUT2D eigenvalue weighted by molar-refractivity contribution is 5.85. The molecule has 1 atom stereocenters. The van der Waals surface area contributed by atoms with Crippen molar-refractivity contribution in [3.8, 4) is 12.1 Å². The molecule has 1 fully saturated rings. The molecular weight excluding hydrogens is 356 g/mol. The first-order valence-electron chi connectivity index (χ1n) is 9.18. The number of nitriles is 2. The lowest BCUT2D eigenvalue weighted by molar-refractivity contribution is 0.194. The summed E-state index contributed by atoms with van der Waals surface area (Å²) < 4.78 is 0. The van der Waals surface area contributed by atoms with Crippen LogP contribution in [0.1, 0.15) is 35.1 Å². The van der Waals surface area contributed by atoms with Crippen LogP contribution in [0.4, 0.5) is 0 Å². The molecular formula is C22H25ClN4. The maximum Gasteiger partial charge on any atom is 0.0991 e. The van der Waals surface area contributed by atoms with Gasteiger partial charge in [0.05, 0.1) is 23.3 Å². The van der Waals surface area contributed by atoms with Gasteiger partial charge in [-0.3, -0.25) is 4.90 Å². The average Bonchev–Trinajstić information content (AvgIpc) is 2.70. The molecule has 1 unspecified atom stereocenters. The number of hydrogen-bond donors (Lipinski definition) is 1. The molecule has 4 nitrogen and oxygen atoms in total. The van der Waals surface area contributed by atoms with Crippen LogP contribution in [0.5, 0.6) is 0 Å². The van der Waals surface area contributed by atoms with Crippen LogP contribution >= 0.6 is 12.4 Å². The molecule has 0 radical (unpaired) electrons. The van der Waals surface area contributed by atoms with E-state index in [1.54, 1.807) is 0 Å². The summed E-state index contributed by atoms with van der Waals surface area (Å²) in [6.45, 7) is 4.98. The minimum atomic E-state index is 0. The first-order valence-corrected chi connectivity index (χ1v) is 9.18. The Morgan fingerprint density at radius 2 is 1.41 bits per heavy atom. The van der Waals surface area contributed by atoms with Crippen molar-refractivity contribution in [3.63, 3.8) is 0 Å². The molecule has 5 heteroatoms. The van der Waals surface area contributed by atoms with Gasteiger partial charge in [0.2, 0.25) is 0 Å². The van der Waals surface area contributed by atoms with Gasteiger partial charge in [0, 0.05) is 19.6 Å². The molecule has 0 spiro atoms. The molecule has 0 aliphatic carbocycles. The highest BCUT2D eigenvalue weighted by Crippen LogP contribution is 2.17. The third-order valence-corrected chi connectivity index (χ3v) is 4.89. The van der Waals surface area contributed by atoms with Crippen molar-refractivity contribution in [2.45, 2.75) is 25.9 Å². The van der Waals surface area contributed by atoms with Crippen LogP contribution in [0.2, 0.25) is 0 Å². The third-order valence-electron chi connectivity index (χ3n) is 4.89. The van der Waals surface area contributed by atoms with Gasteiger partial charge in [-0.1, -0.05) is 24.3 Å². The normalized spacial score (nSPS) is 16.2. The molecule has 1 saturated heterocycles. The summed E-state index contributed by atoms with van der Waals surface area (Å²) in [4.78, 5) is 2.47. The van der Waals surface area contributed by atoms with Crippen molar-refractivity contribution in [1.82, 2.24) is 10.2 Å². The van der Waals surface area contributed by atoms with E-state index in [1.807, 2.05) is 48.5 Å². The lowest BCUT2D eigenvalue weighted by atomic mass is 9.98. The van der Waals surface area contributed by atoms with Gasteiger partial charge in [0.15, 0.2) is 0 Å². The fourth-order valence-corrected chi connectivity index (χ4v) is 3.52. The Morgan fingerprint density at radius 1 is 0.889 bits per heavy atom. The molecule has 0 aromatic heterocycles. The van der Waals surface area contributed by atoms with Crippen molar-refractivity contribution in [1.29, 1.82) is 10.5 Å². The van der Waals surface area contributed by atoms with E-state index < -0.39 is 0 Å². The first-order chi connectivity index (χ1) is 12.8. The third kappa shape index (κ3) is 6.38. The monoisotopic (exact) mass is 380 g/mol. The summed E-state index contributed by atoms with van der Waals surface area (Å²) in [5, 5.41) is 21.4. The number of rotatable bonds is 6. The molecule has 1 N–H and O–H groups in total. The van der Waals surface area contributed by atoms with Gasteiger partial charge in [-0.05, 0) is 67.2 Å². The quantitative estimate of drug-likeness (QED) is 0.826. The van der Waals surface area contributed by atoms with E-state index >= 15 is 0 Å². The largest absolute Gasteiger partial charge is 0.316 e. The van der Waals surface area contributed by atoms with Crippen LogP contribution in [-0.2, 0) is 13.1 Å². The van der Waals surface area contributed by atoms with Crippen LogP contribution in [0, 0.1) is 28.6 Å². The lowest BCUT2D eigenvalue weighted by Gasteiger charge is -2.30. The second-order valence-corrected chi connectivity index (χ2v) is 7.00. The molecule has 2 aromatic carbocycles. The number of nitrogens with zero attached hydrogens (tertiary/aromatic N) is 3. The Hall–Kier alpha value is -2.37. The van der Waals surface area contributed by atoms with Gasteiger partial charge in [0.25, 0.3) is 0 Å². The Balaban J connectivity index is 0.00000261. The van der Waals surface area contributed by atoms with Crippen molar-refractivity contribution in [2.24, 2.45) is 5.92 Å². The molecule has 0 saturated carbocycles. The Kier molecular flexibility index (Phi) is 8.30. The Bertz CT molecular complexity index is 722. The highest BCUT2D eigenvalue weighted by atomic mass is 35.5. The predicted molar refractivity (Wildman–Crippen MR) is 109 cm³/mol. The van der Waals surface area contributed by atoms with E-state index in [0.717, 1.165) is 32.7 Å². The average molecular weight is 381 g/mol. The molecule has 3 rings (SSSR count). The highest BCUT2D eigenvalue weighted by Gasteiger charge is 2.17. The van der Waals surface area contributed by atoms with Gasteiger partial charge < -0.3 is 5.32 Å². The smallest absolute Gasteiger partial charge is 0.0991 e. The first kappa shape index (κ1) is 20.9. The van der Waals surface area contributed by atoms with Crippen LogP contribution in [0.25, 0.3) is 0 Å². The predicted octanol–water partition coefficient (Wildman–Crippen LogP) is 3.85. The molecule has 2 aromatic rings. The summed E-state index contributed by atoms with van der Waals surface area (Å²) in [5.41, 5.74) is 3.84. The van der Waals surface area contributed by atoms with Crippen LogP contribution in [0.15, 0.2) is 48.5 Å². The second kappa shape index (κ2) is 10.7. The SMILES string of the molecule is Cl.N#Cc1ccc(CN(Cc2ccc(C#N)cc2)CC2CCCNC2)cc1. The minimum Gasteiger partial charge on any atom is -0.316 e. The summed E-state index contributed by atoms with van der Waals surface area (Å²) in [6, 6.07) is 20.1. The van der Waals surface area contributed by atoms with E-state index in [2.05, 4.69) is 22.4 Å². The van der Waals surface area contributed by atoms with Gasteiger partial charge in [-0.15, -0.1) is 12.4 Å². The van der Waals surface area contributed by atoms with Crippen molar-refractivity contribution < 1.29 is 0 Å². The minimum absolute atomic E-state index is 0. The zero-order chi connectivity index (χ0) is 18.2. The summed E-state index contributed by atoms with van der Waals surface area (Å²) in [5.74, 6) is 0.667. The van der Waals surface area contributed by atoms with Gasteiger partial charge in [-0.2, -0.15) is 10.5 Å². The maximum absolute atomic E-state index is 8.97. The molecule has 27 heavy (non-hydrogen) atoms. The lowest BCUT2D eigenvalue weighted by Crippen LogP contribution is -2.37. The number of halogens is 1. The standard InChI is InChI=1S/C22H24N4.ClH/c23-12-18-3-7-20(8-4-18)15-26(17-22-2-1-11-25-14-22)16-21-9-5-19(13-24)6-10-21;/h3-10,22,25H,1-2,11,14-17H2;1H. The Labute approximate surface area is 167 Å². The Morgan fingerprint density at radius 3 is 1.81 bits per heavy atom. The van der Waals surface area contributed by atoms with Gasteiger partial charge in [-0.25, -0.2) is 0 Å².